The minimum absolute atomic E-state index is 0.201. The van der Waals surface area contributed by atoms with E-state index in [9.17, 15) is 4.79 Å². The molecule has 0 aliphatic carbocycles. The number of hydrogen-bond acceptors (Lipinski definition) is 4. The molecule has 0 unspecified atom stereocenters. The summed E-state index contributed by atoms with van der Waals surface area (Å²) in [4.78, 5) is 12.5. The average Bonchev–Trinajstić information content (AvgIpc) is 3.28. The van der Waals surface area contributed by atoms with Crippen LogP contribution in [0.3, 0.4) is 0 Å². The number of hydrogen-bond donors (Lipinski definition) is 1. The minimum Gasteiger partial charge on any atom is -0.488 e. The molecule has 0 spiro atoms. The number of ether oxygens (including phenoxy) is 1. The highest BCUT2D eigenvalue weighted by molar-refractivity contribution is 14.1. The lowest BCUT2D eigenvalue weighted by Crippen LogP contribution is -2.16. The first-order chi connectivity index (χ1) is 17.0. The van der Waals surface area contributed by atoms with Crippen LogP contribution in [0, 0.1) is 3.57 Å². The summed E-state index contributed by atoms with van der Waals surface area (Å²) in [5.74, 6) is 0.507. The summed E-state index contributed by atoms with van der Waals surface area (Å²) in [5.41, 5.74) is 5.08. The van der Waals surface area contributed by atoms with Gasteiger partial charge in [0, 0.05) is 9.86 Å². The fraction of sp³-hybridized carbons (Fsp3) is 0.0370. The summed E-state index contributed by atoms with van der Waals surface area (Å²) in [6, 6.07) is 25.7. The van der Waals surface area contributed by atoms with Gasteiger partial charge in [0.15, 0.2) is 5.76 Å². The van der Waals surface area contributed by atoms with E-state index in [1.807, 2.05) is 42.5 Å². The molecule has 4 aromatic carbocycles. The van der Waals surface area contributed by atoms with Gasteiger partial charge in [-0.05, 0) is 103 Å². The van der Waals surface area contributed by atoms with E-state index in [2.05, 4.69) is 95.3 Å². The number of carbonyl (C=O) groups excluding carboxylic acids is 1. The van der Waals surface area contributed by atoms with Gasteiger partial charge in [0.25, 0.3) is 0 Å². The van der Waals surface area contributed by atoms with Gasteiger partial charge in [0.2, 0.25) is 0 Å². The van der Waals surface area contributed by atoms with Crippen molar-refractivity contribution in [3.8, 4) is 5.75 Å². The van der Waals surface area contributed by atoms with Crippen molar-refractivity contribution in [2.45, 2.75) is 6.61 Å². The summed E-state index contributed by atoms with van der Waals surface area (Å²) in [6.07, 6.45) is 1.57. The molecule has 1 amide bonds. The van der Waals surface area contributed by atoms with Crippen molar-refractivity contribution in [2.24, 2.45) is 5.10 Å². The molecule has 0 aliphatic rings. The van der Waals surface area contributed by atoms with Crippen molar-refractivity contribution in [1.82, 2.24) is 5.43 Å². The van der Waals surface area contributed by atoms with Crippen molar-refractivity contribution in [3.05, 3.63) is 108 Å². The van der Waals surface area contributed by atoms with Crippen LogP contribution in [0.4, 0.5) is 0 Å². The van der Waals surface area contributed by atoms with Crippen LogP contribution >= 0.6 is 54.5 Å². The molecule has 0 fully saturated rings. The van der Waals surface area contributed by atoms with Crippen molar-refractivity contribution >= 4 is 88.3 Å². The molecule has 0 saturated heterocycles. The van der Waals surface area contributed by atoms with E-state index < -0.39 is 5.91 Å². The molecule has 1 N–H and O–H groups in total. The Morgan fingerprint density at radius 2 is 1.80 bits per heavy atom. The molecule has 0 atom stereocenters. The van der Waals surface area contributed by atoms with E-state index >= 15 is 0 Å². The maximum absolute atomic E-state index is 12.5. The zero-order valence-electron chi connectivity index (χ0n) is 18.1. The van der Waals surface area contributed by atoms with E-state index in [0.29, 0.717) is 12.2 Å². The quantitative estimate of drug-likeness (QED) is 0.111. The molecule has 0 aliphatic heterocycles. The van der Waals surface area contributed by atoms with Gasteiger partial charge in [-0.1, -0.05) is 52.3 Å². The van der Waals surface area contributed by atoms with Gasteiger partial charge in [0.1, 0.15) is 17.9 Å². The van der Waals surface area contributed by atoms with Crippen LogP contribution < -0.4 is 10.2 Å². The number of benzene rings is 4. The second-order valence-electron chi connectivity index (χ2n) is 7.78. The molecule has 35 heavy (non-hydrogen) atoms. The molecule has 0 bridgehead atoms. The summed E-state index contributed by atoms with van der Waals surface area (Å²) in [5, 5.41) is 7.30. The number of amides is 1. The fourth-order valence-electron chi connectivity index (χ4n) is 3.61. The summed E-state index contributed by atoms with van der Waals surface area (Å²) in [6.45, 7) is 0.458. The largest absolute Gasteiger partial charge is 0.488 e. The molecule has 5 rings (SSSR count). The van der Waals surface area contributed by atoms with Gasteiger partial charge < -0.3 is 9.15 Å². The monoisotopic (exact) mass is 702 g/mol. The van der Waals surface area contributed by atoms with Crippen LogP contribution in [0.2, 0.25) is 0 Å². The third-order valence-corrected chi connectivity index (χ3v) is 7.18. The molecule has 174 valence electrons. The first-order valence-electron chi connectivity index (χ1n) is 10.6. The Bertz CT molecular complexity index is 1600. The normalized spacial score (nSPS) is 11.4. The Morgan fingerprint density at radius 1 is 0.971 bits per heavy atom. The Kier molecular flexibility index (Phi) is 7.22. The van der Waals surface area contributed by atoms with Crippen molar-refractivity contribution in [2.75, 3.05) is 0 Å². The first kappa shape index (κ1) is 24.0. The number of fused-ring (bicyclic) bond motifs is 2. The predicted molar refractivity (Wildman–Crippen MR) is 154 cm³/mol. The highest BCUT2D eigenvalue weighted by Crippen LogP contribution is 2.29. The lowest BCUT2D eigenvalue weighted by Gasteiger charge is -2.09. The molecule has 8 heteroatoms. The Balaban J connectivity index is 1.21. The van der Waals surface area contributed by atoms with Crippen LogP contribution in [-0.2, 0) is 6.61 Å². The molecule has 0 saturated carbocycles. The fourth-order valence-corrected chi connectivity index (χ4v) is 5.78. The number of hydrazone groups is 1. The molecule has 1 aromatic heterocycles. The van der Waals surface area contributed by atoms with Crippen LogP contribution in [-0.4, -0.2) is 12.1 Å². The third-order valence-electron chi connectivity index (χ3n) is 5.30. The van der Waals surface area contributed by atoms with Crippen LogP contribution in [0.5, 0.6) is 5.75 Å². The minimum atomic E-state index is -0.418. The summed E-state index contributed by atoms with van der Waals surface area (Å²) >= 11 is 9.19. The van der Waals surface area contributed by atoms with Crippen LogP contribution in [0.1, 0.15) is 21.7 Å². The van der Waals surface area contributed by atoms with Gasteiger partial charge in [-0.3, -0.25) is 4.79 Å². The number of rotatable bonds is 6. The second-order valence-corrected chi connectivity index (χ2v) is 10.7. The molecule has 5 nitrogen and oxygen atoms in total. The molecule has 5 aromatic rings. The first-order valence-corrected chi connectivity index (χ1v) is 13.2. The van der Waals surface area contributed by atoms with E-state index in [1.165, 1.54) is 10.8 Å². The Morgan fingerprint density at radius 3 is 2.63 bits per heavy atom. The molecule has 1 heterocycles. The van der Waals surface area contributed by atoms with Crippen molar-refractivity contribution < 1.29 is 13.9 Å². The van der Waals surface area contributed by atoms with Crippen molar-refractivity contribution in [3.63, 3.8) is 0 Å². The highest BCUT2D eigenvalue weighted by atomic mass is 127. The number of halogens is 3. The smallest absolute Gasteiger partial charge is 0.307 e. The lowest BCUT2D eigenvalue weighted by molar-refractivity contribution is 0.0929. The SMILES string of the molecule is O=C(N/N=C\c1ccc(OCc2ccc3ccccc3c2)c(Br)c1)c1cc2cc(Br)cc(I)c2o1. The number of furan rings is 1. The zero-order chi connectivity index (χ0) is 24.4. The Hall–Kier alpha value is -2.69. The van der Waals surface area contributed by atoms with Gasteiger partial charge in [-0.25, -0.2) is 5.43 Å². The summed E-state index contributed by atoms with van der Waals surface area (Å²) in [7, 11) is 0. The molecule has 0 radical (unpaired) electrons. The van der Waals surface area contributed by atoms with Crippen LogP contribution in [0.25, 0.3) is 21.7 Å². The van der Waals surface area contributed by atoms with E-state index in [4.69, 9.17) is 9.15 Å². The maximum atomic E-state index is 12.5. The maximum Gasteiger partial charge on any atom is 0.307 e. The van der Waals surface area contributed by atoms with E-state index in [1.54, 1.807) is 12.3 Å². The van der Waals surface area contributed by atoms with Gasteiger partial charge >= 0.3 is 5.91 Å². The molecular formula is C27H17Br2IN2O3. The predicted octanol–water partition coefficient (Wildman–Crippen LogP) is 8.06. The second kappa shape index (κ2) is 10.5. The average molecular weight is 704 g/mol. The molecular weight excluding hydrogens is 687 g/mol. The topological polar surface area (TPSA) is 63.8 Å². The highest BCUT2D eigenvalue weighted by Gasteiger charge is 2.14. The van der Waals surface area contributed by atoms with Crippen molar-refractivity contribution in [1.29, 1.82) is 0 Å². The number of carbonyl (C=O) groups is 1. The lowest BCUT2D eigenvalue weighted by atomic mass is 10.1. The number of nitrogens with one attached hydrogen (secondary N) is 1. The standard InChI is InChI=1S/C27H17Br2IN2O3/c28-21-11-20-12-25(35-26(20)23(30)13-21)27(33)32-31-14-16-6-8-24(22(29)10-16)34-15-17-5-7-18-3-1-2-4-19(18)9-17/h1-14H,15H2,(H,32,33)/b31-14-. The van der Waals surface area contributed by atoms with E-state index in [0.717, 1.165) is 34.8 Å². The third kappa shape index (κ3) is 5.60. The van der Waals surface area contributed by atoms with E-state index in [-0.39, 0.29) is 5.76 Å². The Labute approximate surface area is 231 Å². The number of nitrogens with zero attached hydrogens (tertiary/aromatic N) is 1. The van der Waals surface area contributed by atoms with Gasteiger partial charge in [0.05, 0.1) is 14.3 Å². The van der Waals surface area contributed by atoms with Gasteiger partial charge in [-0.15, -0.1) is 0 Å². The van der Waals surface area contributed by atoms with Crippen LogP contribution in [0.15, 0.2) is 97.3 Å². The van der Waals surface area contributed by atoms with Gasteiger partial charge in [-0.2, -0.15) is 5.10 Å². The summed E-state index contributed by atoms with van der Waals surface area (Å²) < 4.78 is 14.3. The zero-order valence-corrected chi connectivity index (χ0v) is 23.4.